The van der Waals surface area contributed by atoms with Crippen LogP contribution in [-0.2, 0) is 9.59 Å². The fraction of sp³-hybridized carbons (Fsp3) is 0.222. The molecule has 1 aliphatic rings. The molecule has 0 aromatic heterocycles. The maximum atomic E-state index is 12.2. The van der Waals surface area contributed by atoms with Crippen molar-refractivity contribution in [3.63, 3.8) is 0 Å². The highest BCUT2D eigenvalue weighted by Crippen LogP contribution is 2.39. The van der Waals surface area contributed by atoms with E-state index in [1.807, 2.05) is 18.2 Å². The third kappa shape index (κ3) is 4.27. The summed E-state index contributed by atoms with van der Waals surface area (Å²) < 4.78 is 0. The molecule has 0 bridgehead atoms. The molecule has 2 unspecified atom stereocenters. The van der Waals surface area contributed by atoms with Crippen LogP contribution in [0.5, 0.6) is 0 Å². The Balaban J connectivity index is 1.74. The number of carboxylic acid groups (broad SMARTS) is 1. The van der Waals surface area contributed by atoms with Crippen LogP contribution < -0.4 is 16.0 Å². The Labute approximate surface area is 160 Å². The Morgan fingerprint density at radius 3 is 2.62 bits per heavy atom. The third-order valence-electron chi connectivity index (χ3n) is 4.11. The highest BCUT2D eigenvalue weighted by molar-refractivity contribution is 6.35. The van der Waals surface area contributed by atoms with Gasteiger partial charge in [-0.3, -0.25) is 4.79 Å². The summed E-state index contributed by atoms with van der Waals surface area (Å²) in [6, 6.07) is 11.1. The number of para-hydroxylation sites is 1. The summed E-state index contributed by atoms with van der Waals surface area (Å²) in [5.41, 5.74) is 1.96. The van der Waals surface area contributed by atoms with E-state index in [0.29, 0.717) is 27.0 Å². The van der Waals surface area contributed by atoms with Gasteiger partial charge < -0.3 is 21.1 Å². The van der Waals surface area contributed by atoms with Gasteiger partial charge in [-0.25, -0.2) is 4.79 Å². The van der Waals surface area contributed by atoms with Crippen molar-refractivity contribution in [3.05, 3.63) is 58.1 Å². The Kier molecular flexibility index (Phi) is 5.66. The number of hydrogen-bond acceptors (Lipinski definition) is 4. The quantitative estimate of drug-likeness (QED) is 0.623. The number of carbonyl (C=O) groups excluding carboxylic acids is 1. The first-order valence-electron chi connectivity index (χ1n) is 8.00. The van der Waals surface area contributed by atoms with Gasteiger partial charge in [0.15, 0.2) is 0 Å². The van der Waals surface area contributed by atoms with E-state index in [-0.39, 0.29) is 18.9 Å². The molecule has 136 valence electrons. The van der Waals surface area contributed by atoms with Crippen LogP contribution in [0.4, 0.5) is 11.4 Å². The molecule has 0 saturated heterocycles. The van der Waals surface area contributed by atoms with Crippen molar-refractivity contribution in [3.8, 4) is 0 Å². The van der Waals surface area contributed by atoms with Gasteiger partial charge in [-0.15, -0.1) is 0 Å². The largest absolute Gasteiger partial charge is 0.480 e. The molecule has 8 heteroatoms. The third-order valence-corrected chi connectivity index (χ3v) is 4.64. The molecule has 4 N–H and O–H groups in total. The first kappa shape index (κ1) is 18.5. The Bertz CT molecular complexity index is 830. The zero-order chi connectivity index (χ0) is 18.7. The van der Waals surface area contributed by atoms with Crippen molar-refractivity contribution in [1.82, 2.24) is 5.32 Å². The maximum Gasteiger partial charge on any atom is 0.326 e. The van der Waals surface area contributed by atoms with Crippen LogP contribution in [-0.4, -0.2) is 29.6 Å². The number of hydrogen-bond donors (Lipinski definition) is 4. The van der Waals surface area contributed by atoms with Crippen molar-refractivity contribution in [1.29, 1.82) is 0 Å². The average Bonchev–Trinajstić information content (AvgIpc) is 2.59. The second-order valence-electron chi connectivity index (χ2n) is 5.97. The molecule has 1 heterocycles. The fourth-order valence-electron chi connectivity index (χ4n) is 2.95. The molecular weight excluding hydrogens is 377 g/mol. The predicted octanol–water partition coefficient (Wildman–Crippen LogP) is 3.53. The number of benzene rings is 2. The molecule has 2 aromatic carbocycles. The molecule has 0 spiro atoms. The van der Waals surface area contributed by atoms with Gasteiger partial charge in [0.2, 0.25) is 5.91 Å². The van der Waals surface area contributed by atoms with E-state index in [1.54, 1.807) is 24.3 Å². The van der Waals surface area contributed by atoms with Crippen LogP contribution in [0.2, 0.25) is 10.0 Å². The molecule has 1 aliphatic heterocycles. The Morgan fingerprint density at radius 2 is 1.92 bits per heavy atom. The average molecular weight is 394 g/mol. The summed E-state index contributed by atoms with van der Waals surface area (Å²) in [5, 5.41) is 19.0. The normalized spacial score (nSPS) is 18.5. The van der Waals surface area contributed by atoms with Crippen LogP contribution in [0.1, 0.15) is 18.0 Å². The van der Waals surface area contributed by atoms with Crippen molar-refractivity contribution in [2.45, 2.75) is 18.5 Å². The predicted molar refractivity (Wildman–Crippen MR) is 102 cm³/mol. The summed E-state index contributed by atoms with van der Waals surface area (Å²) >= 11 is 12.3. The highest BCUT2D eigenvalue weighted by atomic mass is 35.5. The van der Waals surface area contributed by atoms with E-state index in [9.17, 15) is 14.7 Å². The summed E-state index contributed by atoms with van der Waals surface area (Å²) in [6.07, 6.45) is 0.252. The van der Waals surface area contributed by atoms with E-state index in [0.717, 1.165) is 0 Å². The van der Waals surface area contributed by atoms with E-state index >= 15 is 0 Å². The van der Waals surface area contributed by atoms with Gasteiger partial charge in [0.1, 0.15) is 6.04 Å². The molecule has 0 radical (unpaired) electrons. The van der Waals surface area contributed by atoms with Gasteiger partial charge in [0.25, 0.3) is 0 Å². The molecule has 2 aromatic rings. The Hall–Kier alpha value is -2.28. The van der Waals surface area contributed by atoms with Gasteiger partial charge in [0.05, 0.1) is 6.54 Å². The minimum Gasteiger partial charge on any atom is -0.480 e. The number of nitrogens with one attached hydrogen (secondary N) is 3. The summed E-state index contributed by atoms with van der Waals surface area (Å²) in [7, 11) is 0. The summed E-state index contributed by atoms with van der Waals surface area (Å²) in [4.78, 5) is 23.6. The number of rotatable bonds is 5. The smallest absolute Gasteiger partial charge is 0.326 e. The van der Waals surface area contributed by atoms with Gasteiger partial charge in [-0.2, -0.15) is 0 Å². The lowest BCUT2D eigenvalue weighted by Crippen LogP contribution is -2.41. The first-order valence-corrected chi connectivity index (χ1v) is 8.76. The SMILES string of the molecule is O=C(CNC1CC(C(=O)O)Nc2cc(Cl)cc(Cl)c21)Nc1ccccc1. The van der Waals surface area contributed by atoms with Crippen LogP contribution in [0.3, 0.4) is 0 Å². The lowest BCUT2D eigenvalue weighted by atomic mass is 9.92. The standard InChI is InChI=1S/C18H17Cl2N3O3/c19-10-6-12(20)17-13(8-15(18(25)26)23-14(17)7-10)21-9-16(24)22-11-4-2-1-3-5-11/h1-7,13,15,21,23H,8-9H2,(H,22,24)(H,25,26). The number of halogens is 2. The fourth-order valence-corrected chi connectivity index (χ4v) is 3.57. The van der Waals surface area contributed by atoms with Gasteiger partial charge in [-0.1, -0.05) is 41.4 Å². The number of fused-ring (bicyclic) bond motifs is 1. The molecule has 0 aliphatic carbocycles. The van der Waals surface area contributed by atoms with Crippen LogP contribution in [0.15, 0.2) is 42.5 Å². The lowest BCUT2D eigenvalue weighted by molar-refractivity contribution is -0.138. The maximum absolute atomic E-state index is 12.2. The Morgan fingerprint density at radius 1 is 1.19 bits per heavy atom. The van der Waals surface area contributed by atoms with Gasteiger partial charge in [-0.05, 0) is 30.7 Å². The molecule has 2 atom stereocenters. The van der Waals surface area contributed by atoms with Crippen molar-refractivity contribution < 1.29 is 14.7 Å². The van der Waals surface area contributed by atoms with Gasteiger partial charge in [0, 0.05) is 33.0 Å². The number of amides is 1. The minimum atomic E-state index is -0.979. The number of carbonyl (C=O) groups is 2. The van der Waals surface area contributed by atoms with E-state index in [4.69, 9.17) is 23.2 Å². The highest BCUT2D eigenvalue weighted by Gasteiger charge is 2.32. The van der Waals surface area contributed by atoms with Gasteiger partial charge >= 0.3 is 5.97 Å². The number of aliphatic carboxylic acids is 1. The molecule has 0 fully saturated rings. The molecule has 3 rings (SSSR count). The van der Waals surface area contributed by atoms with E-state index in [1.165, 1.54) is 0 Å². The second-order valence-corrected chi connectivity index (χ2v) is 6.81. The second kappa shape index (κ2) is 7.95. The van der Waals surface area contributed by atoms with Crippen molar-refractivity contribution in [2.24, 2.45) is 0 Å². The minimum absolute atomic E-state index is 0.0182. The summed E-state index contributed by atoms with van der Waals surface area (Å²) in [5.74, 6) is -1.21. The molecular formula is C18H17Cl2N3O3. The topological polar surface area (TPSA) is 90.5 Å². The van der Waals surface area contributed by atoms with Crippen LogP contribution in [0, 0.1) is 0 Å². The van der Waals surface area contributed by atoms with E-state index < -0.39 is 18.1 Å². The lowest BCUT2D eigenvalue weighted by Gasteiger charge is -2.32. The molecule has 26 heavy (non-hydrogen) atoms. The number of anilines is 2. The monoisotopic (exact) mass is 393 g/mol. The molecule has 1 amide bonds. The molecule has 0 saturated carbocycles. The van der Waals surface area contributed by atoms with Crippen molar-refractivity contribution >= 4 is 46.5 Å². The summed E-state index contributed by atoms with van der Waals surface area (Å²) in [6.45, 7) is 0.0182. The number of carboxylic acids is 1. The van der Waals surface area contributed by atoms with Crippen molar-refractivity contribution in [2.75, 3.05) is 17.2 Å². The zero-order valence-corrected chi connectivity index (χ0v) is 15.1. The van der Waals surface area contributed by atoms with Crippen LogP contribution >= 0.6 is 23.2 Å². The first-order chi connectivity index (χ1) is 12.4. The van der Waals surface area contributed by atoms with E-state index in [2.05, 4.69) is 16.0 Å². The molecule has 6 nitrogen and oxygen atoms in total. The zero-order valence-electron chi connectivity index (χ0n) is 13.6. The van der Waals surface area contributed by atoms with Crippen LogP contribution in [0.25, 0.3) is 0 Å².